The molecule has 2 aromatic rings. The molecule has 2 aliphatic rings. The second kappa shape index (κ2) is 6.41. The van der Waals surface area contributed by atoms with Gasteiger partial charge in [-0.15, -0.1) is 5.10 Å². The Morgan fingerprint density at radius 2 is 2.28 bits per heavy atom. The van der Waals surface area contributed by atoms with Crippen molar-refractivity contribution >= 4 is 11.5 Å². The molecule has 9 heteroatoms. The number of carbonyl (C=O) groups is 1. The van der Waals surface area contributed by atoms with Gasteiger partial charge in [0.05, 0.1) is 37.2 Å². The minimum absolute atomic E-state index is 0.0632. The Labute approximate surface area is 145 Å². The van der Waals surface area contributed by atoms with Crippen molar-refractivity contribution < 1.29 is 9.53 Å². The van der Waals surface area contributed by atoms with Gasteiger partial charge in [-0.1, -0.05) is 11.3 Å². The lowest BCUT2D eigenvalue weighted by Crippen LogP contribution is -2.35. The zero-order valence-corrected chi connectivity index (χ0v) is 14.1. The van der Waals surface area contributed by atoms with Crippen molar-refractivity contribution in [2.24, 2.45) is 12.8 Å². The summed E-state index contributed by atoms with van der Waals surface area (Å²) in [7, 11) is 1.92. The van der Waals surface area contributed by atoms with E-state index < -0.39 is 0 Å². The highest BCUT2D eigenvalue weighted by molar-refractivity contribution is 5.92. The van der Waals surface area contributed by atoms with Crippen LogP contribution < -0.4 is 5.73 Å². The number of hydrogen-bond donors (Lipinski definition) is 1. The second-order valence-electron chi connectivity index (χ2n) is 6.42. The molecule has 0 aromatic carbocycles. The van der Waals surface area contributed by atoms with Gasteiger partial charge >= 0.3 is 0 Å². The quantitative estimate of drug-likeness (QED) is 0.830. The fourth-order valence-electron chi connectivity index (χ4n) is 3.31. The van der Waals surface area contributed by atoms with E-state index in [1.54, 1.807) is 22.0 Å². The lowest BCUT2D eigenvalue weighted by Gasteiger charge is -2.25. The smallest absolute Gasteiger partial charge is 0.276 e. The van der Waals surface area contributed by atoms with E-state index in [-0.39, 0.29) is 18.0 Å². The number of aromatic nitrogens is 5. The molecule has 4 heterocycles. The monoisotopic (exact) mass is 343 g/mol. The standard InChI is InChI=1S/C16H21N7O2/c1-21-14(2-5-18-21)11-3-6-22(7-4-11)16(24)13-8-23(20-19-13)15-10-25-9-12(15)17/h2-3,5,8,12,15H,4,6-7,9-10,17H2,1H3/t12-,15+/m0/s1. The van der Waals surface area contributed by atoms with Gasteiger partial charge in [-0.25, -0.2) is 4.68 Å². The van der Waals surface area contributed by atoms with Crippen LogP contribution in [0.3, 0.4) is 0 Å². The summed E-state index contributed by atoms with van der Waals surface area (Å²) in [5, 5.41) is 12.3. The van der Waals surface area contributed by atoms with Gasteiger partial charge in [-0.05, 0) is 18.1 Å². The van der Waals surface area contributed by atoms with E-state index in [0.717, 1.165) is 12.1 Å². The van der Waals surface area contributed by atoms with Crippen molar-refractivity contribution in [3.8, 4) is 0 Å². The molecule has 25 heavy (non-hydrogen) atoms. The van der Waals surface area contributed by atoms with E-state index in [1.807, 2.05) is 17.8 Å². The molecule has 0 unspecified atom stereocenters. The summed E-state index contributed by atoms with van der Waals surface area (Å²) in [5.41, 5.74) is 8.63. The van der Waals surface area contributed by atoms with E-state index >= 15 is 0 Å². The summed E-state index contributed by atoms with van der Waals surface area (Å²) in [6.07, 6.45) is 6.32. The van der Waals surface area contributed by atoms with Crippen LogP contribution in [0, 0.1) is 0 Å². The number of hydrogen-bond acceptors (Lipinski definition) is 6. The molecule has 1 saturated heterocycles. The summed E-state index contributed by atoms with van der Waals surface area (Å²) in [6, 6.07) is 1.80. The Kier molecular flexibility index (Phi) is 4.10. The first-order valence-corrected chi connectivity index (χ1v) is 8.35. The van der Waals surface area contributed by atoms with Crippen LogP contribution in [0.4, 0.5) is 0 Å². The van der Waals surface area contributed by atoms with Gasteiger partial charge in [0.25, 0.3) is 5.91 Å². The molecule has 2 atom stereocenters. The van der Waals surface area contributed by atoms with Crippen LogP contribution in [0.2, 0.25) is 0 Å². The van der Waals surface area contributed by atoms with E-state index in [9.17, 15) is 4.79 Å². The Bertz CT molecular complexity index is 809. The first-order valence-electron chi connectivity index (χ1n) is 8.35. The molecule has 1 amide bonds. The van der Waals surface area contributed by atoms with E-state index in [4.69, 9.17) is 10.5 Å². The Balaban J connectivity index is 1.45. The molecule has 4 rings (SSSR count). The largest absolute Gasteiger partial charge is 0.377 e. The first kappa shape index (κ1) is 16.0. The molecule has 2 N–H and O–H groups in total. The van der Waals surface area contributed by atoms with Crippen LogP contribution >= 0.6 is 0 Å². The molecular weight excluding hydrogens is 322 g/mol. The summed E-state index contributed by atoms with van der Waals surface area (Å²) < 4.78 is 8.84. The molecule has 2 aromatic heterocycles. The minimum Gasteiger partial charge on any atom is -0.377 e. The number of rotatable bonds is 3. The fraction of sp³-hybridized carbons (Fsp3) is 0.500. The molecular formula is C16H21N7O2. The predicted octanol–water partition coefficient (Wildman–Crippen LogP) is -0.160. The Morgan fingerprint density at radius 1 is 1.40 bits per heavy atom. The average molecular weight is 343 g/mol. The van der Waals surface area contributed by atoms with Gasteiger partial charge in [0.1, 0.15) is 0 Å². The van der Waals surface area contributed by atoms with Crippen molar-refractivity contribution in [1.82, 2.24) is 29.7 Å². The number of carbonyl (C=O) groups excluding carboxylic acids is 1. The number of nitrogens with zero attached hydrogens (tertiary/aromatic N) is 6. The third-order valence-electron chi connectivity index (χ3n) is 4.81. The number of amides is 1. The van der Waals surface area contributed by atoms with E-state index in [0.29, 0.717) is 32.0 Å². The molecule has 0 radical (unpaired) electrons. The molecule has 2 aliphatic heterocycles. The summed E-state index contributed by atoms with van der Waals surface area (Å²) >= 11 is 0. The van der Waals surface area contributed by atoms with Crippen LogP contribution in [0.1, 0.15) is 28.6 Å². The van der Waals surface area contributed by atoms with Gasteiger partial charge in [-0.3, -0.25) is 9.48 Å². The maximum atomic E-state index is 12.7. The van der Waals surface area contributed by atoms with Crippen molar-refractivity contribution in [3.63, 3.8) is 0 Å². The molecule has 0 aliphatic carbocycles. The minimum atomic E-state index is -0.121. The third-order valence-corrected chi connectivity index (χ3v) is 4.81. The maximum absolute atomic E-state index is 12.7. The topological polar surface area (TPSA) is 104 Å². The average Bonchev–Trinajstić information content (AvgIpc) is 3.35. The lowest BCUT2D eigenvalue weighted by atomic mass is 10.0. The first-order chi connectivity index (χ1) is 12.1. The highest BCUT2D eigenvalue weighted by Crippen LogP contribution is 2.23. The van der Waals surface area contributed by atoms with Gasteiger partial charge in [-0.2, -0.15) is 5.10 Å². The SMILES string of the molecule is Cn1nccc1C1=CCN(C(=O)c2cn([C@@H]3COC[C@@H]3N)nn2)CC1. The van der Waals surface area contributed by atoms with Crippen LogP contribution in [-0.4, -0.2) is 67.9 Å². The zero-order valence-electron chi connectivity index (χ0n) is 14.1. The normalized spacial score (nSPS) is 23.8. The number of nitrogens with two attached hydrogens (primary N) is 1. The van der Waals surface area contributed by atoms with Crippen molar-refractivity contribution in [1.29, 1.82) is 0 Å². The predicted molar refractivity (Wildman–Crippen MR) is 89.6 cm³/mol. The van der Waals surface area contributed by atoms with E-state index in [2.05, 4.69) is 21.5 Å². The summed E-state index contributed by atoms with van der Waals surface area (Å²) in [4.78, 5) is 14.4. The maximum Gasteiger partial charge on any atom is 0.276 e. The van der Waals surface area contributed by atoms with Gasteiger partial charge in [0.2, 0.25) is 0 Å². The van der Waals surface area contributed by atoms with Gasteiger partial charge in [0.15, 0.2) is 5.69 Å². The van der Waals surface area contributed by atoms with Crippen LogP contribution in [0.25, 0.3) is 5.57 Å². The number of ether oxygens (including phenoxy) is 1. The molecule has 0 spiro atoms. The zero-order chi connectivity index (χ0) is 17.4. The summed E-state index contributed by atoms with van der Waals surface area (Å²) in [6.45, 7) is 2.20. The fourth-order valence-corrected chi connectivity index (χ4v) is 3.31. The van der Waals surface area contributed by atoms with Crippen molar-refractivity contribution in [3.05, 3.63) is 35.9 Å². The van der Waals surface area contributed by atoms with Gasteiger partial charge < -0.3 is 15.4 Å². The number of aryl methyl sites for hydroxylation is 1. The summed E-state index contributed by atoms with van der Waals surface area (Å²) in [5.74, 6) is -0.112. The van der Waals surface area contributed by atoms with Crippen LogP contribution in [0.15, 0.2) is 24.5 Å². The van der Waals surface area contributed by atoms with E-state index in [1.165, 1.54) is 5.57 Å². The Hall–Kier alpha value is -2.52. The van der Waals surface area contributed by atoms with Crippen LogP contribution in [-0.2, 0) is 11.8 Å². The van der Waals surface area contributed by atoms with Crippen LogP contribution in [0.5, 0.6) is 0 Å². The lowest BCUT2D eigenvalue weighted by molar-refractivity contribution is 0.0766. The molecule has 1 fully saturated rings. The third kappa shape index (κ3) is 2.96. The van der Waals surface area contributed by atoms with Gasteiger partial charge in [0, 0.05) is 26.3 Å². The highest BCUT2D eigenvalue weighted by atomic mass is 16.5. The second-order valence-corrected chi connectivity index (χ2v) is 6.42. The van der Waals surface area contributed by atoms with Crippen molar-refractivity contribution in [2.75, 3.05) is 26.3 Å². The molecule has 0 saturated carbocycles. The molecule has 0 bridgehead atoms. The highest BCUT2D eigenvalue weighted by Gasteiger charge is 2.29. The molecule has 9 nitrogen and oxygen atoms in total. The Morgan fingerprint density at radius 3 is 2.92 bits per heavy atom. The molecule has 132 valence electrons. The van der Waals surface area contributed by atoms with Crippen molar-refractivity contribution in [2.45, 2.75) is 18.5 Å².